The fourth-order valence-corrected chi connectivity index (χ4v) is 3.31. The number of halogens is 1. The molecule has 0 radical (unpaired) electrons. The first kappa shape index (κ1) is 19.7. The summed E-state index contributed by atoms with van der Waals surface area (Å²) in [6.07, 6.45) is 0. The lowest BCUT2D eigenvalue weighted by Gasteiger charge is -2.06. The molecule has 0 atom stereocenters. The fourth-order valence-electron chi connectivity index (χ4n) is 3.13. The smallest absolute Gasteiger partial charge is 0.302 e. The molecule has 6 nitrogen and oxygen atoms in total. The van der Waals surface area contributed by atoms with Gasteiger partial charge in [0.15, 0.2) is 12.3 Å². The van der Waals surface area contributed by atoms with E-state index in [-0.39, 0.29) is 18.2 Å². The van der Waals surface area contributed by atoms with Crippen LogP contribution in [-0.2, 0) is 11.3 Å². The highest BCUT2D eigenvalue weighted by molar-refractivity contribution is 6.30. The Morgan fingerprint density at radius 3 is 2.57 bits per heavy atom. The molecule has 0 bridgehead atoms. The third kappa shape index (κ3) is 4.34. The third-order valence-electron chi connectivity index (χ3n) is 4.52. The van der Waals surface area contributed by atoms with E-state index in [1.807, 2.05) is 54.6 Å². The molecule has 0 aliphatic carbocycles. The topological polar surface area (TPSA) is 76.2 Å². The van der Waals surface area contributed by atoms with Crippen LogP contribution in [0.4, 0.5) is 5.69 Å². The molecule has 1 N–H and O–H groups in total. The number of nitrogens with zero attached hydrogens (tertiary/aromatic N) is 3. The molecule has 1 amide bonds. The van der Waals surface area contributed by atoms with Crippen molar-refractivity contribution in [3.63, 3.8) is 0 Å². The Balaban J connectivity index is 1.56. The van der Waals surface area contributed by atoms with E-state index in [2.05, 4.69) is 10.2 Å². The van der Waals surface area contributed by atoms with Gasteiger partial charge < -0.3 is 14.4 Å². The summed E-state index contributed by atoms with van der Waals surface area (Å²) >= 11 is 5.90. The van der Waals surface area contributed by atoms with Gasteiger partial charge in [0.05, 0.1) is 12.1 Å². The SMILES string of the molecule is O=C(COc1cccc(Cl)c1)N=Nc1c(O)n(Cc2ccccc2)c2ccccc12. The zero-order valence-electron chi connectivity index (χ0n) is 15.9. The van der Waals surface area contributed by atoms with Gasteiger partial charge in [-0.05, 0) is 29.8 Å². The summed E-state index contributed by atoms with van der Waals surface area (Å²) < 4.78 is 7.13. The Morgan fingerprint density at radius 1 is 1.00 bits per heavy atom. The predicted molar refractivity (Wildman–Crippen MR) is 116 cm³/mol. The van der Waals surface area contributed by atoms with Crippen LogP contribution in [0, 0.1) is 0 Å². The van der Waals surface area contributed by atoms with Gasteiger partial charge in [0.25, 0.3) is 0 Å². The maximum Gasteiger partial charge on any atom is 0.302 e. The van der Waals surface area contributed by atoms with E-state index in [1.54, 1.807) is 28.8 Å². The molecule has 0 spiro atoms. The molecule has 0 unspecified atom stereocenters. The number of rotatable bonds is 6. The second kappa shape index (κ2) is 8.80. The quantitative estimate of drug-likeness (QED) is 0.405. The number of fused-ring (bicyclic) bond motifs is 1. The van der Waals surface area contributed by atoms with Crippen LogP contribution in [0.25, 0.3) is 10.9 Å². The number of para-hydroxylation sites is 1. The minimum atomic E-state index is -0.575. The van der Waals surface area contributed by atoms with Gasteiger partial charge in [0, 0.05) is 10.4 Å². The molecule has 30 heavy (non-hydrogen) atoms. The zero-order valence-corrected chi connectivity index (χ0v) is 16.7. The van der Waals surface area contributed by atoms with Gasteiger partial charge in [-0.3, -0.25) is 4.79 Å². The Labute approximate surface area is 178 Å². The lowest BCUT2D eigenvalue weighted by atomic mass is 10.2. The first-order chi connectivity index (χ1) is 14.6. The minimum absolute atomic E-state index is 0.0487. The molecule has 7 heteroatoms. The number of ether oxygens (including phenoxy) is 1. The van der Waals surface area contributed by atoms with Crippen molar-refractivity contribution in [3.8, 4) is 11.6 Å². The normalized spacial score (nSPS) is 11.2. The molecule has 0 aliphatic heterocycles. The highest BCUT2D eigenvalue weighted by atomic mass is 35.5. The molecule has 4 rings (SSSR count). The Kier molecular flexibility index (Phi) is 5.77. The largest absolute Gasteiger partial charge is 0.493 e. The van der Waals surface area contributed by atoms with Gasteiger partial charge in [-0.15, -0.1) is 10.2 Å². The van der Waals surface area contributed by atoms with Gasteiger partial charge in [-0.2, -0.15) is 0 Å². The molecule has 0 saturated carbocycles. The summed E-state index contributed by atoms with van der Waals surface area (Å²) in [7, 11) is 0. The number of amides is 1. The molecule has 0 fully saturated rings. The Bertz CT molecular complexity index is 1220. The van der Waals surface area contributed by atoms with Crippen LogP contribution in [0.2, 0.25) is 5.02 Å². The van der Waals surface area contributed by atoms with Crippen LogP contribution in [0.3, 0.4) is 0 Å². The van der Waals surface area contributed by atoms with E-state index in [1.165, 1.54) is 0 Å². The number of hydrogen-bond donors (Lipinski definition) is 1. The number of hydrogen-bond acceptors (Lipinski definition) is 4. The van der Waals surface area contributed by atoms with E-state index >= 15 is 0 Å². The van der Waals surface area contributed by atoms with Crippen molar-refractivity contribution in [3.05, 3.63) is 89.4 Å². The van der Waals surface area contributed by atoms with E-state index in [0.717, 1.165) is 11.1 Å². The molecule has 150 valence electrons. The average Bonchev–Trinajstić information content (AvgIpc) is 3.03. The minimum Gasteiger partial charge on any atom is -0.493 e. The third-order valence-corrected chi connectivity index (χ3v) is 4.76. The lowest BCUT2D eigenvalue weighted by Crippen LogP contribution is -2.07. The summed E-state index contributed by atoms with van der Waals surface area (Å²) in [6, 6.07) is 24.0. The number of carbonyl (C=O) groups is 1. The van der Waals surface area contributed by atoms with Gasteiger partial charge in [-0.25, -0.2) is 0 Å². The number of azo groups is 1. The van der Waals surface area contributed by atoms with Gasteiger partial charge in [0.1, 0.15) is 5.75 Å². The molecule has 1 heterocycles. The van der Waals surface area contributed by atoms with Gasteiger partial charge in [-0.1, -0.05) is 66.2 Å². The van der Waals surface area contributed by atoms with Crippen molar-refractivity contribution in [1.29, 1.82) is 0 Å². The van der Waals surface area contributed by atoms with E-state index in [4.69, 9.17) is 16.3 Å². The van der Waals surface area contributed by atoms with Crippen molar-refractivity contribution in [2.24, 2.45) is 10.2 Å². The monoisotopic (exact) mass is 419 g/mol. The zero-order chi connectivity index (χ0) is 20.9. The van der Waals surface area contributed by atoms with Crippen LogP contribution >= 0.6 is 11.6 Å². The Morgan fingerprint density at radius 2 is 1.77 bits per heavy atom. The van der Waals surface area contributed by atoms with Crippen molar-refractivity contribution in [1.82, 2.24) is 4.57 Å². The summed E-state index contributed by atoms with van der Waals surface area (Å²) in [5, 5.41) is 19.7. The number of aromatic nitrogens is 1. The number of benzene rings is 3. The fraction of sp³-hybridized carbons (Fsp3) is 0.0870. The summed E-state index contributed by atoms with van der Waals surface area (Å²) in [5.74, 6) is -0.157. The van der Waals surface area contributed by atoms with Crippen molar-refractivity contribution >= 4 is 34.1 Å². The Hall–Kier alpha value is -3.64. The summed E-state index contributed by atoms with van der Waals surface area (Å²) in [6.45, 7) is 0.182. The molecule has 1 aromatic heterocycles. The standard InChI is InChI=1S/C23H18ClN3O3/c24-17-9-6-10-18(13-17)30-15-21(28)25-26-22-19-11-4-5-12-20(19)27(23(22)29)14-16-7-2-1-3-8-16/h1-13,29H,14-15H2. The second-order valence-electron chi connectivity index (χ2n) is 6.60. The second-order valence-corrected chi connectivity index (χ2v) is 7.04. The molecule has 0 saturated heterocycles. The summed E-state index contributed by atoms with van der Waals surface area (Å²) in [5.41, 5.74) is 2.08. The number of aromatic hydroxyl groups is 1. The van der Waals surface area contributed by atoms with Crippen molar-refractivity contribution in [2.45, 2.75) is 6.54 Å². The molecule has 4 aromatic rings. The van der Waals surface area contributed by atoms with Crippen LogP contribution in [0.5, 0.6) is 11.6 Å². The maximum absolute atomic E-state index is 12.1. The van der Waals surface area contributed by atoms with E-state index < -0.39 is 5.91 Å². The van der Waals surface area contributed by atoms with Crippen molar-refractivity contribution < 1.29 is 14.6 Å². The molecule has 3 aromatic carbocycles. The molecular weight excluding hydrogens is 402 g/mol. The first-order valence-electron chi connectivity index (χ1n) is 9.29. The maximum atomic E-state index is 12.1. The highest BCUT2D eigenvalue weighted by Crippen LogP contribution is 2.39. The van der Waals surface area contributed by atoms with Crippen molar-refractivity contribution in [2.75, 3.05) is 6.61 Å². The van der Waals surface area contributed by atoms with Crippen LogP contribution in [-0.4, -0.2) is 22.2 Å². The average molecular weight is 420 g/mol. The number of carbonyl (C=O) groups excluding carboxylic acids is 1. The van der Waals surface area contributed by atoms with Gasteiger partial charge >= 0.3 is 5.91 Å². The highest BCUT2D eigenvalue weighted by Gasteiger charge is 2.17. The van der Waals surface area contributed by atoms with Crippen LogP contribution < -0.4 is 4.74 Å². The van der Waals surface area contributed by atoms with Crippen LogP contribution in [0.15, 0.2) is 89.1 Å². The molecule has 0 aliphatic rings. The van der Waals surface area contributed by atoms with Crippen LogP contribution in [0.1, 0.15) is 5.56 Å². The predicted octanol–water partition coefficient (Wildman–Crippen LogP) is 5.74. The van der Waals surface area contributed by atoms with E-state index in [0.29, 0.717) is 22.7 Å². The molecular formula is C23H18ClN3O3. The van der Waals surface area contributed by atoms with E-state index in [9.17, 15) is 9.90 Å². The summed E-state index contributed by atoms with van der Waals surface area (Å²) in [4.78, 5) is 12.1. The lowest BCUT2D eigenvalue weighted by molar-refractivity contribution is -0.120. The first-order valence-corrected chi connectivity index (χ1v) is 9.66. The van der Waals surface area contributed by atoms with Gasteiger partial charge in [0.2, 0.25) is 5.88 Å².